The van der Waals surface area contributed by atoms with Crippen molar-refractivity contribution in [2.45, 2.75) is 0 Å². The van der Waals surface area contributed by atoms with Gasteiger partial charge in [0.05, 0.1) is 5.69 Å². The van der Waals surface area contributed by atoms with E-state index in [1.807, 2.05) is 0 Å². The Bertz CT molecular complexity index is 627. The van der Waals surface area contributed by atoms with Crippen molar-refractivity contribution in [1.29, 1.82) is 0 Å². The summed E-state index contributed by atoms with van der Waals surface area (Å²) >= 11 is 0. The van der Waals surface area contributed by atoms with Crippen molar-refractivity contribution in [3.05, 3.63) is 47.7 Å². The van der Waals surface area contributed by atoms with E-state index in [1.54, 1.807) is 0 Å². The van der Waals surface area contributed by atoms with Crippen LogP contribution in [0.2, 0.25) is 0 Å². The molecule has 0 aliphatic carbocycles. The van der Waals surface area contributed by atoms with Gasteiger partial charge in [-0.3, -0.25) is 0 Å². The average molecular weight is 266 g/mol. The van der Waals surface area contributed by atoms with Gasteiger partial charge in [0.25, 0.3) is 0 Å². The SMILES string of the molecule is Nc1ccc(C(=O)O)nc1Oc1cc(F)cc(F)c1. The van der Waals surface area contributed by atoms with Crippen LogP contribution >= 0.6 is 0 Å². The molecule has 1 aromatic heterocycles. The van der Waals surface area contributed by atoms with Crippen LogP contribution in [0.4, 0.5) is 14.5 Å². The molecule has 0 saturated heterocycles. The molecule has 0 unspecified atom stereocenters. The third kappa shape index (κ3) is 2.95. The lowest BCUT2D eigenvalue weighted by Crippen LogP contribution is -2.03. The van der Waals surface area contributed by atoms with Gasteiger partial charge in [0.1, 0.15) is 17.4 Å². The molecule has 7 heteroatoms. The number of nitrogens with zero attached hydrogens (tertiary/aromatic N) is 1. The predicted molar refractivity (Wildman–Crippen MR) is 62.0 cm³/mol. The molecule has 5 nitrogen and oxygen atoms in total. The maximum atomic E-state index is 13.0. The zero-order valence-corrected chi connectivity index (χ0v) is 9.43. The van der Waals surface area contributed by atoms with Crippen LogP contribution in [0, 0.1) is 11.6 Å². The van der Waals surface area contributed by atoms with Crippen LogP contribution in [0.25, 0.3) is 0 Å². The van der Waals surface area contributed by atoms with E-state index < -0.39 is 17.6 Å². The number of carboxylic acid groups (broad SMARTS) is 1. The number of anilines is 1. The second-order valence-electron chi connectivity index (χ2n) is 3.60. The number of aromatic carboxylic acids is 1. The number of nitrogen functional groups attached to an aromatic ring is 1. The topological polar surface area (TPSA) is 85.4 Å². The van der Waals surface area contributed by atoms with Crippen LogP contribution in [-0.4, -0.2) is 16.1 Å². The largest absolute Gasteiger partial charge is 0.477 e. The summed E-state index contributed by atoms with van der Waals surface area (Å²) < 4.78 is 31.0. The Hall–Kier alpha value is -2.70. The quantitative estimate of drug-likeness (QED) is 0.891. The average Bonchev–Trinajstić information content (AvgIpc) is 2.30. The summed E-state index contributed by atoms with van der Waals surface area (Å²) in [6.45, 7) is 0. The van der Waals surface area contributed by atoms with Gasteiger partial charge in [-0.1, -0.05) is 0 Å². The van der Waals surface area contributed by atoms with Gasteiger partial charge in [-0.15, -0.1) is 0 Å². The van der Waals surface area contributed by atoms with E-state index in [0.717, 1.165) is 12.1 Å². The molecule has 3 N–H and O–H groups in total. The first-order valence-electron chi connectivity index (χ1n) is 5.09. The van der Waals surface area contributed by atoms with E-state index in [4.69, 9.17) is 15.6 Å². The highest BCUT2D eigenvalue weighted by Crippen LogP contribution is 2.26. The van der Waals surface area contributed by atoms with Gasteiger partial charge in [0, 0.05) is 18.2 Å². The summed E-state index contributed by atoms with van der Waals surface area (Å²) in [5, 5.41) is 8.78. The summed E-state index contributed by atoms with van der Waals surface area (Å²) in [5.74, 6) is -3.33. The second-order valence-corrected chi connectivity index (χ2v) is 3.60. The molecule has 0 aliphatic rings. The van der Waals surface area contributed by atoms with Crippen molar-refractivity contribution < 1.29 is 23.4 Å². The number of rotatable bonds is 3. The Morgan fingerprint density at radius 1 is 1.21 bits per heavy atom. The van der Waals surface area contributed by atoms with Gasteiger partial charge < -0.3 is 15.6 Å². The van der Waals surface area contributed by atoms with Crippen molar-refractivity contribution in [3.8, 4) is 11.6 Å². The van der Waals surface area contributed by atoms with Crippen molar-refractivity contribution in [1.82, 2.24) is 4.98 Å². The van der Waals surface area contributed by atoms with Crippen LogP contribution < -0.4 is 10.5 Å². The van der Waals surface area contributed by atoms with E-state index in [2.05, 4.69) is 4.98 Å². The number of carboxylic acids is 1. The summed E-state index contributed by atoms with van der Waals surface area (Å²) in [7, 11) is 0. The molecule has 0 saturated carbocycles. The number of pyridine rings is 1. The third-order valence-electron chi connectivity index (χ3n) is 2.16. The number of halogens is 2. The highest BCUT2D eigenvalue weighted by atomic mass is 19.1. The van der Waals surface area contributed by atoms with Gasteiger partial charge >= 0.3 is 5.97 Å². The molecule has 0 spiro atoms. The van der Waals surface area contributed by atoms with E-state index in [1.165, 1.54) is 12.1 Å². The van der Waals surface area contributed by atoms with Gasteiger partial charge in [-0.25, -0.2) is 18.6 Å². The van der Waals surface area contributed by atoms with Gasteiger partial charge in [-0.05, 0) is 12.1 Å². The third-order valence-corrected chi connectivity index (χ3v) is 2.16. The van der Waals surface area contributed by atoms with E-state index in [-0.39, 0.29) is 23.0 Å². The molecular weight excluding hydrogens is 258 g/mol. The van der Waals surface area contributed by atoms with Crippen molar-refractivity contribution in [3.63, 3.8) is 0 Å². The van der Waals surface area contributed by atoms with Gasteiger partial charge in [-0.2, -0.15) is 0 Å². The van der Waals surface area contributed by atoms with E-state index in [0.29, 0.717) is 6.07 Å². The number of nitrogens with two attached hydrogens (primary N) is 1. The normalized spacial score (nSPS) is 10.2. The maximum absolute atomic E-state index is 13.0. The zero-order chi connectivity index (χ0) is 14.0. The predicted octanol–water partition coefficient (Wildman–Crippen LogP) is 2.43. The van der Waals surface area contributed by atoms with Crippen LogP contribution in [0.5, 0.6) is 11.6 Å². The summed E-state index contributed by atoms with van der Waals surface area (Å²) in [6, 6.07) is 5.00. The van der Waals surface area contributed by atoms with Crippen LogP contribution in [0.1, 0.15) is 10.5 Å². The summed E-state index contributed by atoms with van der Waals surface area (Å²) in [5.41, 5.74) is 5.31. The lowest BCUT2D eigenvalue weighted by molar-refractivity contribution is 0.0689. The van der Waals surface area contributed by atoms with Gasteiger partial charge in [0.15, 0.2) is 5.69 Å². The Balaban J connectivity index is 2.37. The fourth-order valence-corrected chi connectivity index (χ4v) is 1.35. The second kappa shape index (κ2) is 4.89. The van der Waals surface area contributed by atoms with Crippen molar-refractivity contribution in [2.75, 3.05) is 5.73 Å². The first kappa shape index (κ1) is 12.7. The summed E-state index contributed by atoms with van der Waals surface area (Å²) in [4.78, 5) is 14.4. The molecule has 0 bridgehead atoms. The number of carbonyl (C=O) groups is 1. The van der Waals surface area contributed by atoms with Crippen LogP contribution in [-0.2, 0) is 0 Å². The van der Waals surface area contributed by atoms with E-state index >= 15 is 0 Å². The first-order chi connectivity index (χ1) is 8.95. The standard InChI is InChI=1S/C12H8F2N2O3/c13-6-3-7(14)5-8(4-6)19-11-9(15)1-2-10(16-11)12(17)18/h1-5H,15H2,(H,17,18). The molecule has 0 atom stereocenters. The number of aromatic nitrogens is 1. The number of hydrogen-bond donors (Lipinski definition) is 2. The molecule has 1 aromatic carbocycles. The summed E-state index contributed by atoms with van der Waals surface area (Å²) in [6.07, 6.45) is 0. The Morgan fingerprint density at radius 2 is 1.84 bits per heavy atom. The fourth-order valence-electron chi connectivity index (χ4n) is 1.35. The molecule has 1 heterocycles. The van der Waals surface area contributed by atoms with Crippen LogP contribution in [0.3, 0.4) is 0 Å². The number of hydrogen-bond acceptors (Lipinski definition) is 4. The zero-order valence-electron chi connectivity index (χ0n) is 9.43. The molecule has 2 aromatic rings. The Morgan fingerprint density at radius 3 is 2.42 bits per heavy atom. The smallest absolute Gasteiger partial charge is 0.354 e. The Labute approximate surface area is 106 Å². The van der Waals surface area contributed by atoms with Crippen LogP contribution in [0.15, 0.2) is 30.3 Å². The number of benzene rings is 1. The molecule has 2 rings (SSSR count). The lowest BCUT2D eigenvalue weighted by Gasteiger charge is -2.08. The first-order valence-corrected chi connectivity index (χ1v) is 5.09. The van der Waals surface area contributed by atoms with Gasteiger partial charge in [0.2, 0.25) is 5.88 Å². The molecule has 0 amide bonds. The minimum absolute atomic E-state index is 0.0506. The minimum atomic E-state index is -1.27. The molecule has 0 radical (unpaired) electrons. The molecule has 0 aliphatic heterocycles. The number of ether oxygens (including phenoxy) is 1. The van der Waals surface area contributed by atoms with E-state index in [9.17, 15) is 13.6 Å². The highest BCUT2D eigenvalue weighted by Gasteiger charge is 2.11. The molecular formula is C12H8F2N2O3. The lowest BCUT2D eigenvalue weighted by atomic mass is 10.3. The van der Waals surface area contributed by atoms with Crippen molar-refractivity contribution >= 4 is 11.7 Å². The maximum Gasteiger partial charge on any atom is 0.354 e. The molecule has 98 valence electrons. The fraction of sp³-hybridized carbons (Fsp3) is 0. The Kier molecular flexibility index (Phi) is 3.28. The monoisotopic (exact) mass is 266 g/mol. The van der Waals surface area contributed by atoms with Crippen molar-refractivity contribution in [2.24, 2.45) is 0 Å². The molecule has 0 fully saturated rings. The minimum Gasteiger partial charge on any atom is -0.477 e. The highest BCUT2D eigenvalue weighted by molar-refractivity contribution is 5.86. The molecule has 19 heavy (non-hydrogen) atoms.